The Labute approximate surface area is 130 Å². The summed E-state index contributed by atoms with van der Waals surface area (Å²) >= 11 is 0. The summed E-state index contributed by atoms with van der Waals surface area (Å²) in [4.78, 5) is 9.25. The highest BCUT2D eigenvalue weighted by Gasteiger charge is 2.22. The first kappa shape index (κ1) is 15.3. The van der Waals surface area contributed by atoms with E-state index in [-0.39, 0.29) is 0 Å². The van der Waals surface area contributed by atoms with Gasteiger partial charge in [-0.1, -0.05) is 38.5 Å². The summed E-state index contributed by atoms with van der Waals surface area (Å²) in [5.74, 6) is 1.97. The number of hydrogen-bond donors (Lipinski definition) is 0. The van der Waals surface area contributed by atoms with Crippen LogP contribution < -0.4 is 0 Å². The van der Waals surface area contributed by atoms with Crippen molar-refractivity contribution in [3.8, 4) is 0 Å². The minimum atomic E-state index is 0.525. The molecule has 0 N–H and O–H groups in total. The van der Waals surface area contributed by atoms with Crippen LogP contribution in [0.15, 0.2) is 9.98 Å². The number of aliphatic imine (C=N–C) groups is 2. The summed E-state index contributed by atoms with van der Waals surface area (Å²) in [6.45, 7) is 0. The Bertz CT molecular complexity index is 322. The molecule has 6 rings (SSSR count). The van der Waals surface area contributed by atoms with Crippen LogP contribution in [-0.4, -0.2) is 18.1 Å². The van der Waals surface area contributed by atoms with E-state index in [2.05, 4.69) is 16.0 Å². The fourth-order valence-corrected chi connectivity index (χ4v) is 4.54. The van der Waals surface area contributed by atoms with E-state index in [0.29, 0.717) is 12.1 Å². The standard InChI is InChI=1S/C19H32N2/c1-2-4-6-17-9-13-19(14-10-17)21-15-20-18-11-7-16(5-3-1)8-12-18/h16-19H,1-14H2. The van der Waals surface area contributed by atoms with Crippen molar-refractivity contribution in [3.05, 3.63) is 0 Å². The largest absolute Gasteiger partial charge is 0.222 e. The highest BCUT2D eigenvalue weighted by molar-refractivity contribution is 5.42. The molecule has 2 nitrogen and oxygen atoms in total. The van der Waals surface area contributed by atoms with Gasteiger partial charge in [0, 0.05) is 0 Å². The molecule has 0 atom stereocenters. The van der Waals surface area contributed by atoms with Gasteiger partial charge in [0.25, 0.3) is 0 Å². The number of hydrogen-bond acceptors (Lipinski definition) is 2. The van der Waals surface area contributed by atoms with Crippen LogP contribution in [0.2, 0.25) is 0 Å². The molecule has 2 saturated carbocycles. The Kier molecular flexibility index (Phi) is 5.92. The third-order valence-corrected chi connectivity index (χ3v) is 6.09. The van der Waals surface area contributed by atoms with E-state index >= 15 is 0 Å². The molecule has 4 aliphatic heterocycles. The highest BCUT2D eigenvalue weighted by Crippen LogP contribution is 2.32. The van der Waals surface area contributed by atoms with Crippen molar-refractivity contribution in [1.29, 1.82) is 0 Å². The topological polar surface area (TPSA) is 24.7 Å². The normalized spacial score (nSPS) is 38.5. The molecule has 0 unspecified atom stereocenters. The van der Waals surface area contributed by atoms with Crippen molar-refractivity contribution < 1.29 is 0 Å². The quantitative estimate of drug-likeness (QED) is 0.551. The summed E-state index contributed by atoms with van der Waals surface area (Å²) < 4.78 is 0. The van der Waals surface area contributed by atoms with Gasteiger partial charge in [0.15, 0.2) is 0 Å². The van der Waals surface area contributed by atoms with Crippen LogP contribution in [0, 0.1) is 11.8 Å². The maximum atomic E-state index is 4.63. The first-order valence-electron chi connectivity index (χ1n) is 9.55. The SMILES string of the molecule is C1=NC2CCC(CCCCCCC3CCC(CC3)N=1)CC2. The molecule has 0 radical (unpaired) electrons. The summed E-state index contributed by atoms with van der Waals surface area (Å²) in [6.07, 6.45) is 19.5. The Hall–Kier alpha value is -0.620. The molecule has 0 amide bonds. The van der Waals surface area contributed by atoms with Crippen LogP contribution in [-0.2, 0) is 0 Å². The van der Waals surface area contributed by atoms with Crippen molar-refractivity contribution >= 4 is 6.01 Å². The molecule has 4 bridgehead atoms. The molecule has 21 heavy (non-hydrogen) atoms. The molecule has 2 aliphatic carbocycles. The summed E-state index contributed by atoms with van der Waals surface area (Å²) in [5, 5.41) is 0. The third-order valence-electron chi connectivity index (χ3n) is 6.09. The second-order valence-corrected chi connectivity index (χ2v) is 7.70. The first-order valence-corrected chi connectivity index (χ1v) is 9.55. The van der Waals surface area contributed by atoms with E-state index in [1.165, 1.54) is 89.9 Å². The monoisotopic (exact) mass is 288 g/mol. The van der Waals surface area contributed by atoms with E-state index < -0.39 is 0 Å². The zero-order valence-electron chi connectivity index (χ0n) is 13.6. The van der Waals surface area contributed by atoms with E-state index in [9.17, 15) is 0 Å². The van der Waals surface area contributed by atoms with Gasteiger partial charge in [0.2, 0.25) is 0 Å². The molecule has 2 fully saturated rings. The van der Waals surface area contributed by atoms with E-state index in [4.69, 9.17) is 0 Å². The van der Waals surface area contributed by atoms with E-state index in [1.54, 1.807) is 0 Å². The van der Waals surface area contributed by atoms with Gasteiger partial charge in [-0.15, -0.1) is 0 Å². The van der Waals surface area contributed by atoms with Crippen LogP contribution in [0.4, 0.5) is 0 Å². The highest BCUT2D eigenvalue weighted by atomic mass is 14.9. The molecule has 6 aliphatic rings. The number of nitrogens with zero attached hydrogens (tertiary/aromatic N) is 2. The van der Waals surface area contributed by atoms with Crippen LogP contribution >= 0.6 is 0 Å². The molecule has 0 spiro atoms. The van der Waals surface area contributed by atoms with Crippen LogP contribution in [0.25, 0.3) is 0 Å². The van der Waals surface area contributed by atoms with E-state index in [0.717, 1.165) is 11.8 Å². The fraction of sp³-hybridized carbons (Fsp3) is 0.947. The summed E-state index contributed by atoms with van der Waals surface area (Å²) in [5.41, 5.74) is 0. The maximum absolute atomic E-state index is 4.63. The molecular weight excluding hydrogens is 256 g/mol. The third kappa shape index (κ3) is 4.95. The second-order valence-electron chi connectivity index (χ2n) is 7.70. The van der Waals surface area contributed by atoms with Gasteiger partial charge in [0.05, 0.1) is 18.1 Å². The van der Waals surface area contributed by atoms with Crippen LogP contribution in [0.1, 0.15) is 89.9 Å². The zero-order valence-corrected chi connectivity index (χ0v) is 13.6. The number of rotatable bonds is 0. The average Bonchev–Trinajstić information content (AvgIpc) is 2.54. The minimum Gasteiger partial charge on any atom is -0.222 e. The second kappa shape index (κ2) is 8.13. The zero-order chi connectivity index (χ0) is 14.3. The van der Waals surface area contributed by atoms with Gasteiger partial charge in [-0.2, -0.15) is 0 Å². The molecule has 0 aromatic rings. The van der Waals surface area contributed by atoms with Crippen molar-refractivity contribution in [2.24, 2.45) is 21.8 Å². The average molecular weight is 288 g/mol. The van der Waals surface area contributed by atoms with E-state index in [1.807, 2.05) is 0 Å². The minimum absolute atomic E-state index is 0.525. The molecule has 4 heterocycles. The van der Waals surface area contributed by atoms with Crippen molar-refractivity contribution in [3.63, 3.8) is 0 Å². The molecule has 118 valence electrons. The molecule has 2 heteroatoms. The lowest BCUT2D eigenvalue weighted by Crippen LogP contribution is -2.17. The van der Waals surface area contributed by atoms with Gasteiger partial charge in [-0.25, -0.2) is 9.98 Å². The van der Waals surface area contributed by atoms with Gasteiger partial charge in [0.1, 0.15) is 0 Å². The Morgan fingerprint density at radius 1 is 0.476 bits per heavy atom. The Balaban J connectivity index is 1.58. The molecule has 0 aromatic carbocycles. The summed E-state index contributed by atoms with van der Waals surface area (Å²) in [7, 11) is 0. The molecule has 0 aromatic heterocycles. The van der Waals surface area contributed by atoms with Gasteiger partial charge < -0.3 is 0 Å². The fourth-order valence-electron chi connectivity index (χ4n) is 4.54. The molecular formula is C19H32N2. The predicted molar refractivity (Wildman–Crippen MR) is 89.1 cm³/mol. The van der Waals surface area contributed by atoms with Crippen molar-refractivity contribution in [2.45, 2.75) is 102 Å². The van der Waals surface area contributed by atoms with Crippen LogP contribution in [0.3, 0.4) is 0 Å². The van der Waals surface area contributed by atoms with Crippen molar-refractivity contribution in [2.75, 3.05) is 0 Å². The Morgan fingerprint density at radius 2 is 0.905 bits per heavy atom. The lowest BCUT2D eigenvalue weighted by Gasteiger charge is -2.25. The maximum Gasteiger partial charge on any atom is 0.0898 e. The first-order chi connectivity index (χ1) is 10.4. The lowest BCUT2D eigenvalue weighted by molar-refractivity contribution is 0.297. The van der Waals surface area contributed by atoms with Crippen LogP contribution in [0.5, 0.6) is 0 Å². The van der Waals surface area contributed by atoms with Crippen molar-refractivity contribution in [1.82, 2.24) is 0 Å². The van der Waals surface area contributed by atoms with Gasteiger partial charge >= 0.3 is 0 Å². The Morgan fingerprint density at radius 3 is 1.33 bits per heavy atom. The predicted octanol–water partition coefficient (Wildman–Crippen LogP) is 5.63. The van der Waals surface area contributed by atoms with Gasteiger partial charge in [-0.3, -0.25) is 0 Å². The smallest absolute Gasteiger partial charge is 0.0898 e. The lowest BCUT2D eigenvalue weighted by atomic mass is 9.82. The molecule has 0 saturated heterocycles. The van der Waals surface area contributed by atoms with Gasteiger partial charge in [-0.05, 0) is 63.2 Å². The summed E-state index contributed by atoms with van der Waals surface area (Å²) in [6, 6.07) is 4.13.